The van der Waals surface area contributed by atoms with E-state index in [4.69, 9.17) is 9.47 Å². The van der Waals surface area contributed by atoms with Crippen LogP contribution in [-0.4, -0.2) is 31.1 Å². The van der Waals surface area contributed by atoms with E-state index in [-0.39, 0.29) is 34.9 Å². The Morgan fingerprint density at radius 3 is 2.37 bits per heavy atom. The van der Waals surface area contributed by atoms with Gasteiger partial charge in [-0.05, 0) is 73.0 Å². The first-order valence-electron chi connectivity index (χ1n) is 12.6. The van der Waals surface area contributed by atoms with Crippen molar-refractivity contribution in [3.8, 4) is 0 Å². The predicted octanol–water partition coefficient (Wildman–Crippen LogP) is 5.04. The molecule has 9 atom stereocenters. The van der Waals surface area contributed by atoms with E-state index < -0.39 is 0 Å². The summed E-state index contributed by atoms with van der Waals surface area (Å²) in [7, 11) is 0. The Balaban J connectivity index is 1.46. The normalized spacial score (nSPS) is 50.1. The zero-order valence-corrected chi connectivity index (χ0v) is 19.3. The minimum absolute atomic E-state index is 0.0694. The number of fused-ring (bicyclic) bond motifs is 5. The topological polar surface area (TPSA) is 52.6 Å². The smallest absolute Gasteiger partial charge is 0.160 e. The van der Waals surface area contributed by atoms with Gasteiger partial charge in [0.25, 0.3) is 0 Å². The van der Waals surface area contributed by atoms with Crippen molar-refractivity contribution in [1.82, 2.24) is 0 Å². The van der Waals surface area contributed by atoms with Crippen LogP contribution < -0.4 is 0 Å². The Hall–Kier alpha value is -0.740. The molecule has 0 aromatic heterocycles. The highest BCUT2D eigenvalue weighted by Gasteiger charge is 2.65. The van der Waals surface area contributed by atoms with Gasteiger partial charge in [0.05, 0.1) is 13.2 Å². The summed E-state index contributed by atoms with van der Waals surface area (Å²) >= 11 is 0. The molecular formula is C26H40O4. The Labute approximate surface area is 181 Å². The van der Waals surface area contributed by atoms with Crippen molar-refractivity contribution in [3.63, 3.8) is 0 Å². The monoisotopic (exact) mass is 416 g/mol. The van der Waals surface area contributed by atoms with Crippen molar-refractivity contribution < 1.29 is 19.1 Å². The van der Waals surface area contributed by atoms with Gasteiger partial charge >= 0.3 is 0 Å². The molecule has 5 aliphatic rings. The number of carbonyl (C=O) groups is 2. The van der Waals surface area contributed by atoms with Crippen LogP contribution in [0.3, 0.4) is 0 Å². The molecule has 1 aliphatic heterocycles. The van der Waals surface area contributed by atoms with Crippen molar-refractivity contribution in [2.24, 2.45) is 52.3 Å². The molecule has 4 unspecified atom stereocenters. The fourth-order valence-electron chi connectivity index (χ4n) is 9.22. The molecule has 0 N–H and O–H groups in total. The SMILES string of the molecule is CC[C@@H]1C(=O)C2C(CC[C@@]3(C)C2CC[C@@H]3[C@H](C)C2OCCO2)[C@@]2(C)CCC(=O)CC12. The van der Waals surface area contributed by atoms with Crippen LogP contribution in [0.25, 0.3) is 0 Å². The third kappa shape index (κ3) is 2.85. The number of hydrogen-bond donors (Lipinski definition) is 0. The molecule has 5 fully saturated rings. The number of ether oxygens (including phenoxy) is 2. The zero-order valence-electron chi connectivity index (χ0n) is 19.3. The third-order valence-corrected chi connectivity index (χ3v) is 10.8. The summed E-state index contributed by atoms with van der Waals surface area (Å²) in [5, 5.41) is 0. The average Bonchev–Trinajstić information content (AvgIpc) is 3.37. The Bertz CT molecular complexity index is 712. The maximum absolute atomic E-state index is 14.0. The molecule has 0 aromatic rings. The Morgan fingerprint density at radius 2 is 1.67 bits per heavy atom. The molecule has 1 saturated heterocycles. The number of carbonyl (C=O) groups excluding carboxylic acids is 2. The van der Waals surface area contributed by atoms with Gasteiger partial charge in [0.1, 0.15) is 11.6 Å². The number of Topliss-reactive ketones (excluding diaryl/α,β-unsaturated/α-hetero) is 2. The molecule has 0 radical (unpaired) electrons. The van der Waals surface area contributed by atoms with Gasteiger partial charge in [0.2, 0.25) is 0 Å². The molecule has 4 saturated carbocycles. The molecule has 1 heterocycles. The second-order valence-corrected chi connectivity index (χ2v) is 11.7. The Kier molecular flexibility index (Phi) is 5.21. The van der Waals surface area contributed by atoms with Crippen LogP contribution in [0.15, 0.2) is 0 Å². The first kappa shape index (κ1) is 21.1. The van der Waals surface area contributed by atoms with Crippen LogP contribution in [-0.2, 0) is 19.1 Å². The maximum atomic E-state index is 14.0. The lowest BCUT2D eigenvalue weighted by atomic mass is 9.42. The van der Waals surface area contributed by atoms with Crippen molar-refractivity contribution in [1.29, 1.82) is 0 Å². The van der Waals surface area contributed by atoms with Crippen molar-refractivity contribution in [2.45, 2.75) is 85.4 Å². The number of ketones is 2. The molecule has 168 valence electrons. The zero-order chi connectivity index (χ0) is 21.3. The fourth-order valence-corrected chi connectivity index (χ4v) is 9.22. The minimum Gasteiger partial charge on any atom is -0.350 e. The van der Waals surface area contributed by atoms with Gasteiger partial charge in [-0.3, -0.25) is 9.59 Å². The number of hydrogen-bond acceptors (Lipinski definition) is 4. The second kappa shape index (κ2) is 7.40. The molecule has 4 nitrogen and oxygen atoms in total. The van der Waals surface area contributed by atoms with Gasteiger partial charge in [-0.25, -0.2) is 0 Å². The van der Waals surface area contributed by atoms with Crippen LogP contribution >= 0.6 is 0 Å². The van der Waals surface area contributed by atoms with E-state index in [1.807, 2.05) is 0 Å². The van der Waals surface area contributed by atoms with E-state index in [1.165, 1.54) is 19.3 Å². The lowest BCUT2D eigenvalue weighted by Gasteiger charge is -2.61. The lowest BCUT2D eigenvalue weighted by molar-refractivity contribution is -0.173. The molecule has 0 bridgehead atoms. The summed E-state index contributed by atoms with van der Waals surface area (Å²) in [5.41, 5.74) is 0.368. The van der Waals surface area contributed by atoms with E-state index in [1.54, 1.807) is 0 Å². The summed E-state index contributed by atoms with van der Waals surface area (Å²) < 4.78 is 11.8. The molecule has 4 heteroatoms. The van der Waals surface area contributed by atoms with Gasteiger partial charge in [-0.15, -0.1) is 0 Å². The van der Waals surface area contributed by atoms with Crippen LogP contribution in [0.2, 0.25) is 0 Å². The molecular weight excluding hydrogens is 376 g/mol. The van der Waals surface area contributed by atoms with Crippen LogP contribution in [0.1, 0.15) is 79.1 Å². The molecule has 5 rings (SSSR count). The van der Waals surface area contributed by atoms with E-state index >= 15 is 0 Å². The lowest BCUT2D eigenvalue weighted by Crippen LogP contribution is -2.60. The summed E-state index contributed by atoms with van der Waals surface area (Å²) in [6.07, 6.45) is 7.90. The standard InChI is InChI=1S/C26H40O4/c1-5-17-21-14-16(27)8-10-26(21,4)20-9-11-25(3)18(15(2)24-29-12-13-30-24)6-7-19(25)22(20)23(17)28/h15,17-22,24H,5-14H2,1-4H3/t15-,17-,18+,19?,20?,21?,22?,25+,26+/m0/s1. The van der Waals surface area contributed by atoms with E-state index in [2.05, 4.69) is 27.7 Å². The summed E-state index contributed by atoms with van der Waals surface area (Å²) in [4.78, 5) is 26.3. The highest BCUT2D eigenvalue weighted by molar-refractivity contribution is 5.88. The van der Waals surface area contributed by atoms with Gasteiger partial charge in [0.15, 0.2) is 6.29 Å². The van der Waals surface area contributed by atoms with Crippen molar-refractivity contribution in [3.05, 3.63) is 0 Å². The molecule has 0 spiro atoms. The first-order valence-corrected chi connectivity index (χ1v) is 12.6. The van der Waals surface area contributed by atoms with E-state index in [0.717, 1.165) is 25.7 Å². The van der Waals surface area contributed by atoms with Gasteiger partial charge in [-0.2, -0.15) is 0 Å². The largest absolute Gasteiger partial charge is 0.350 e. The minimum atomic E-state index is -0.0694. The highest BCUT2D eigenvalue weighted by atomic mass is 16.7. The highest BCUT2D eigenvalue weighted by Crippen LogP contribution is 2.68. The van der Waals surface area contributed by atoms with Gasteiger partial charge in [-0.1, -0.05) is 27.7 Å². The quantitative estimate of drug-likeness (QED) is 0.647. The molecule has 30 heavy (non-hydrogen) atoms. The van der Waals surface area contributed by atoms with Crippen LogP contribution in [0.4, 0.5) is 0 Å². The summed E-state index contributed by atoms with van der Waals surface area (Å²) in [6, 6.07) is 0. The summed E-state index contributed by atoms with van der Waals surface area (Å²) in [6.45, 7) is 10.8. The molecule has 4 aliphatic carbocycles. The van der Waals surface area contributed by atoms with Crippen molar-refractivity contribution in [2.75, 3.05) is 13.2 Å². The van der Waals surface area contributed by atoms with Crippen LogP contribution in [0.5, 0.6) is 0 Å². The van der Waals surface area contributed by atoms with E-state index in [9.17, 15) is 9.59 Å². The van der Waals surface area contributed by atoms with E-state index in [0.29, 0.717) is 54.9 Å². The predicted molar refractivity (Wildman–Crippen MR) is 115 cm³/mol. The third-order valence-electron chi connectivity index (χ3n) is 10.8. The second-order valence-electron chi connectivity index (χ2n) is 11.7. The van der Waals surface area contributed by atoms with Crippen molar-refractivity contribution >= 4 is 11.6 Å². The Morgan fingerprint density at radius 1 is 0.967 bits per heavy atom. The average molecular weight is 417 g/mol. The van der Waals surface area contributed by atoms with Gasteiger partial charge in [0, 0.05) is 30.6 Å². The maximum Gasteiger partial charge on any atom is 0.160 e. The fraction of sp³-hybridized carbons (Fsp3) is 0.923. The van der Waals surface area contributed by atoms with Gasteiger partial charge < -0.3 is 9.47 Å². The van der Waals surface area contributed by atoms with Crippen LogP contribution in [0, 0.1) is 52.3 Å². The first-order chi connectivity index (χ1) is 14.3. The summed E-state index contributed by atoms with van der Waals surface area (Å²) in [5.74, 6) is 3.36. The molecule has 0 aromatic carbocycles. The molecule has 0 amide bonds. The number of rotatable bonds is 3.